The van der Waals surface area contributed by atoms with E-state index in [4.69, 9.17) is 0 Å². The fraction of sp³-hybridized carbons (Fsp3) is 0.250. The molecule has 1 aromatic carbocycles. The zero-order valence-corrected chi connectivity index (χ0v) is 8.40. The van der Waals surface area contributed by atoms with Crippen molar-refractivity contribution in [3.8, 4) is 0 Å². The summed E-state index contributed by atoms with van der Waals surface area (Å²) in [6.07, 6.45) is 3.84. The Hall–Kier alpha value is -1.57. The maximum Gasteiger partial charge on any atom is 0.223 e. The van der Waals surface area contributed by atoms with E-state index >= 15 is 0 Å². The maximum atomic E-state index is 11.3. The van der Waals surface area contributed by atoms with Gasteiger partial charge < -0.3 is 4.90 Å². The molecule has 2 rings (SSSR count). The lowest BCUT2D eigenvalue weighted by Gasteiger charge is -2.29. The number of carbonyl (C=O) groups is 1. The monoisotopic (exact) mass is 187 g/mol. The number of amides is 1. The van der Waals surface area contributed by atoms with Gasteiger partial charge in [0.2, 0.25) is 5.91 Å². The number of fused-ring (bicyclic) bond motifs is 1. The first-order valence-electron chi connectivity index (χ1n) is 4.76. The van der Waals surface area contributed by atoms with Crippen LogP contribution in [0.25, 0.3) is 6.08 Å². The van der Waals surface area contributed by atoms with Crippen LogP contribution in [0.4, 0.5) is 0 Å². The first-order chi connectivity index (χ1) is 6.70. The molecule has 72 valence electrons. The molecule has 0 aromatic heterocycles. The third-order valence-electron chi connectivity index (χ3n) is 2.64. The van der Waals surface area contributed by atoms with Crippen molar-refractivity contribution in [3.63, 3.8) is 0 Å². The highest BCUT2D eigenvalue weighted by atomic mass is 16.2. The van der Waals surface area contributed by atoms with E-state index < -0.39 is 0 Å². The van der Waals surface area contributed by atoms with E-state index in [0.717, 1.165) is 0 Å². The summed E-state index contributed by atoms with van der Waals surface area (Å²) in [6, 6.07) is 8.31. The minimum absolute atomic E-state index is 0.0863. The Morgan fingerprint density at radius 1 is 1.36 bits per heavy atom. The zero-order valence-electron chi connectivity index (χ0n) is 8.40. The minimum Gasteiger partial charge on any atom is -0.312 e. The van der Waals surface area contributed by atoms with E-state index in [-0.39, 0.29) is 11.9 Å². The maximum absolute atomic E-state index is 11.3. The molecule has 1 aliphatic rings. The molecule has 1 aliphatic heterocycles. The van der Waals surface area contributed by atoms with Crippen molar-refractivity contribution >= 4 is 12.0 Å². The minimum atomic E-state index is 0.0863. The molecule has 1 aromatic rings. The van der Waals surface area contributed by atoms with Crippen molar-refractivity contribution < 1.29 is 4.79 Å². The van der Waals surface area contributed by atoms with Crippen LogP contribution < -0.4 is 0 Å². The summed E-state index contributed by atoms with van der Waals surface area (Å²) in [4.78, 5) is 13.0. The van der Waals surface area contributed by atoms with Gasteiger partial charge in [0.1, 0.15) is 0 Å². The van der Waals surface area contributed by atoms with Gasteiger partial charge in [-0.3, -0.25) is 4.79 Å². The molecule has 0 bridgehead atoms. The molecule has 0 unspecified atom stereocenters. The molecule has 1 amide bonds. The van der Waals surface area contributed by atoms with E-state index in [0.29, 0.717) is 0 Å². The topological polar surface area (TPSA) is 20.3 Å². The number of carbonyl (C=O) groups excluding carboxylic acids is 1. The first-order valence-corrected chi connectivity index (χ1v) is 4.76. The highest BCUT2D eigenvalue weighted by Crippen LogP contribution is 2.29. The Morgan fingerprint density at radius 2 is 2.07 bits per heavy atom. The Morgan fingerprint density at radius 3 is 2.79 bits per heavy atom. The number of hydrogen-bond donors (Lipinski definition) is 0. The average Bonchev–Trinajstić information content (AvgIpc) is 2.18. The molecule has 2 nitrogen and oxygen atoms in total. The molecule has 0 saturated heterocycles. The van der Waals surface area contributed by atoms with Crippen LogP contribution in [0.2, 0.25) is 0 Å². The molecule has 2 heteroatoms. The van der Waals surface area contributed by atoms with Crippen LogP contribution in [0.5, 0.6) is 0 Å². The van der Waals surface area contributed by atoms with Crippen LogP contribution in [0.15, 0.2) is 30.5 Å². The van der Waals surface area contributed by atoms with Gasteiger partial charge in [0, 0.05) is 13.1 Å². The number of rotatable bonds is 0. The normalized spacial score (nSPS) is 19.3. The number of hydrogen-bond acceptors (Lipinski definition) is 1. The highest BCUT2D eigenvalue weighted by molar-refractivity contribution is 5.77. The van der Waals surface area contributed by atoms with E-state index in [1.54, 1.807) is 11.8 Å². The molecule has 14 heavy (non-hydrogen) atoms. The average molecular weight is 187 g/mol. The third kappa shape index (κ3) is 1.33. The summed E-state index contributed by atoms with van der Waals surface area (Å²) >= 11 is 0. The van der Waals surface area contributed by atoms with E-state index in [1.165, 1.54) is 11.1 Å². The van der Waals surface area contributed by atoms with E-state index in [1.807, 2.05) is 31.3 Å². The Labute approximate surface area is 83.8 Å². The molecule has 0 spiro atoms. The summed E-state index contributed by atoms with van der Waals surface area (Å²) in [6.45, 7) is 3.64. The SMILES string of the molecule is CC(=O)N1C=Cc2ccccc2[C@@H]1C. The van der Waals surface area contributed by atoms with Crippen molar-refractivity contribution in [1.82, 2.24) is 4.90 Å². The number of nitrogens with zero attached hydrogens (tertiary/aromatic N) is 1. The lowest BCUT2D eigenvalue weighted by atomic mass is 9.97. The lowest BCUT2D eigenvalue weighted by molar-refractivity contribution is -0.128. The van der Waals surface area contributed by atoms with Crippen LogP contribution in [0, 0.1) is 0 Å². The van der Waals surface area contributed by atoms with Gasteiger partial charge in [0.25, 0.3) is 0 Å². The van der Waals surface area contributed by atoms with Crippen LogP contribution in [-0.2, 0) is 4.79 Å². The predicted molar refractivity (Wildman–Crippen MR) is 56.4 cm³/mol. The largest absolute Gasteiger partial charge is 0.312 e. The van der Waals surface area contributed by atoms with Crippen LogP contribution in [0.3, 0.4) is 0 Å². The summed E-state index contributed by atoms with van der Waals surface area (Å²) in [5.41, 5.74) is 2.42. The van der Waals surface area contributed by atoms with E-state index in [2.05, 4.69) is 12.1 Å². The summed E-state index contributed by atoms with van der Waals surface area (Å²) in [5.74, 6) is 0.0863. The van der Waals surface area contributed by atoms with Gasteiger partial charge in [-0.05, 0) is 24.1 Å². The molecule has 0 aliphatic carbocycles. The van der Waals surface area contributed by atoms with Gasteiger partial charge in [-0.2, -0.15) is 0 Å². The second-order valence-corrected chi connectivity index (χ2v) is 3.55. The van der Waals surface area contributed by atoms with E-state index in [9.17, 15) is 4.79 Å². The molecule has 0 saturated carbocycles. The zero-order chi connectivity index (χ0) is 10.1. The Balaban J connectivity index is 2.44. The molecule has 1 heterocycles. The fourth-order valence-electron chi connectivity index (χ4n) is 1.86. The Kier molecular flexibility index (Phi) is 2.12. The van der Waals surface area contributed by atoms with Crippen molar-refractivity contribution in [2.75, 3.05) is 0 Å². The fourth-order valence-corrected chi connectivity index (χ4v) is 1.86. The van der Waals surface area contributed by atoms with Gasteiger partial charge in [0.15, 0.2) is 0 Å². The van der Waals surface area contributed by atoms with Gasteiger partial charge in [0.05, 0.1) is 6.04 Å². The summed E-state index contributed by atoms with van der Waals surface area (Å²) in [7, 11) is 0. The lowest BCUT2D eigenvalue weighted by Crippen LogP contribution is -2.28. The summed E-state index contributed by atoms with van der Waals surface area (Å²) < 4.78 is 0. The van der Waals surface area contributed by atoms with Crippen LogP contribution >= 0.6 is 0 Å². The van der Waals surface area contributed by atoms with Crippen molar-refractivity contribution in [3.05, 3.63) is 41.6 Å². The molecule has 0 fully saturated rings. The molecular weight excluding hydrogens is 174 g/mol. The van der Waals surface area contributed by atoms with Crippen molar-refractivity contribution in [2.45, 2.75) is 19.9 Å². The third-order valence-corrected chi connectivity index (χ3v) is 2.64. The van der Waals surface area contributed by atoms with Gasteiger partial charge in [-0.25, -0.2) is 0 Å². The smallest absolute Gasteiger partial charge is 0.223 e. The Bertz CT molecular complexity index is 395. The number of benzene rings is 1. The molecule has 0 radical (unpaired) electrons. The van der Waals surface area contributed by atoms with Gasteiger partial charge >= 0.3 is 0 Å². The molecule has 1 atom stereocenters. The van der Waals surface area contributed by atoms with Crippen molar-refractivity contribution in [2.24, 2.45) is 0 Å². The second-order valence-electron chi connectivity index (χ2n) is 3.55. The summed E-state index contributed by atoms with van der Waals surface area (Å²) in [5, 5.41) is 0. The quantitative estimate of drug-likeness (QED) is 0.611. The van der Waals surface area contributed by atoms with Gasteiger partial charge in [-0.15, -0.1) is 0 Å². The van der Waals surface area contributed by atoms with Crippen LogP contribution in [0.1, 0.15) is 31.0 Å². The standard InChI is InChI=1S/C12H13NO/c1-9-12-6-4-3-5-11(12)7-8-13(9)10(2)14/h3-9H,1-2H3/t9-/m0/s1. The second kappa shape index (κ2) is 3.29. The molecular formula is C12H13NO. The molecule has 0 N–H and O–H groups in total. The van der Waals surface area contributed by atoms with Crippen LogP contribution in [-0.4, -0.2) is 10.8 Å². The van der Waals surface area contributed by atoms with Crippen molar-refractivity contribution in [1.29, 1.82) is 0 Å². The van der Waals surface area contributed by atoms with Gasteiger partial charge in [-0.1, -0.05) is 24.3 Å². The highest BCUT2D eigenvalue weighted by Gasteiger charge is 2.20. The predicted octanol–water partition coefficient (Wildman–Crippen LogP) is 2.58. The first kappa shape index (κ1) is 9.00.